The number of anilines is 1. The van der Waals surface area contributed by atoms with Gasteiger partial charge in [0.15, 0.2) is 0 Å². The number of hydrogen-bond acceptors (Lipinski definition) is 5. The van der Waals surface area contributed by atoms with E-state index >= 15 is 0 Å². The van der Waals surface area contributed by atoms with Crippen LogP contribution >= 0.6 is 0 Å². The smallest absolute Gasteiger partial charge is 0.250 e. The van der Waals surface area contributed by atoms with Crippen molar-refractivity contribution in [3.05, 3.63) is 83.9 Å². The van der Waals surface area contributed by atoms with Gasteiger partial charge in [-0.3, -0.25) is 9.59 Å². The number of rotatable bonds is 10. The lowest BCUT2D eigenvalue weighted by Gasteiger charge is -2.39. The molecule has 8 nitrogen and oxygen atoms in total. The van der Waals surface area contributed by atoms with Crippen molar-refractivity contribution >= 4 is 17.5 Å². The van der Waals surface area contributed by atoms with E-state index in [1.807, 2.05) is 78.2 Å². The lowest BCUT2D eigenvalue weighted by Crippen LogP contribution is -2.54. The summed E-state index contributed by atoms with van der Waals surface area (Å²) >= 11 is 0. The maximum Gasteiger partial charge on any atom is 0.250 e. The summed E-state index contributed by atoms with van der Waals surface area (Å²) in [6.07, 6.45) is 4.04. The van der Waals surface area contributed by atoms with Gasteiger partial charge in [-0.1, -0.05) is 93.9 Å². The van der Waals surface area contributed by atoms with Crippen LogP contribution in [0.4, 0.5) is 5.69 Å². The molecular formula is C33H38N6O2. The molecule has 0 aliphatic carbocycles. The highest BCUT2D eigenvalue weighted by atomic mass is 16.2. The quantitative estimate of drug-likeness (QED) is 0.259. The fourth-order valence-electron chi connectivity index (χ4n) is 5.71. The molecule has 212 valence electrons. The van der Waals surface area contributed by atoms with Gasteiger partial charge in [0.2, 0.25) is 17.6 Å². The van der Waals surface area contributed by atoms with E-state index in [2.05, 4.69) is 45.7 Å². The minimum Gasteiger partial charge on any atom is -0.326 e. The van der Waals surface area contributed by atoms with Gasteiger partial charge in [-0.05, 0) is 58.7 Å². The first-order valence-corrected chi connectivity index (χ1v) is 14.6. The van der Waals surface area contributed by atoms with E-state index in [0.717, 1.165) is 53.6 Å². The topological polar surface area (TPSA) is 95.1 Å². The van der Waals surface area contributed by atoms with E-state index < -0.39 is 6.04 Å². The minimum atomic E-state index is -0.552. The number of unbranched alkanes of at least 4 members (excludes halogenated alkanes) is 1. The van der Waals surface area contributed by atoms with Crippen LogP contribution in [-0.4, -0.2) is 49.9 Å². The van der Waals surface area contributed by atoms with Gasteiger partial charge in [-0.25, -0.2) is 0 Å². The Labute approximate surface area is 241 Å². The lowest BCUT2D eigenvalue weighted by atomic mass is 9.95. The predicted octanol–water partition coefficient (Wildman–Crippen LogP) is 6.06. The van der Waals surface area contributed by atoms with Crippen LogP contribution < -0.4 is 4.90 Å². The average Bonchev–Trinajstić information content (AvgIpc) is 3.54. The molecule has 41 heavy (non-hydrogen) atoms. The highest BCUT2D eigenvalue weighted by Gasteiger charge is 2.37. The second-order valence-electron chi connectivity index (χ2n) is 11.0. The minimum absolute atomic E-state index is 0.00246. The molecule has 1 N–H and O–H groups in total. The number of aromatic nitrogens is 4. The molecule has 0 spiro atoms. The van der Waals surface area contributed by atoms with Crippen molar-refractivity contribution in [1.29, 1.82) is 0 Å². The van der Waals surface area contributed by atoms with E-state index in [-0.39, 0.29) is 17.7 Å². The van der Waals surface area contributed by atoms with Crippen LogP contribution in [0.3, 0.4) is 0 Å². The number of tetrazole rings is 1. The Hall–Kier alpha value is -4.33. The molecule has 0 saturated carbocycles. The molecule has 1 aliphatic heterocycles. The van der Waals surface area contributed by atoms with Gasteiger partial charge in [0, 0.05) is 30.8 Å². The van der Waals surface area contributed by atoms with Crippen LogP contribution in [0.1, 0.15) is 57.6 Å². The highest BCUT2D eigenvalue weighted by molar-refractivity contribution is 6.00. The number of para-hydroxylation sites is 1. The SMILES string of the molecule is CCCCC(=O)N(Cc1ccc(-c2ccccc2-c2nn[nH]n2)cc1)C(C(=O)N1CCCc2ccccc21)C(C)C. The monoisotopic (exact) mass is 550 g/mol. The van der Waals surface area contributed by atoms with E-state index in [9.17, 15) is 9.59 Å². The molecule has 0 fully saturated rings. The van der Waals surface area contributed by atoms with Crippen LogP contribution in [0, 0.1) is 5.92 Å². The zero-order valence-corrected chi connectivity index (χ0v) is 24.1. The third-order valence-corrected chi connectivity index (χ3v) is 7.79. The Morgan fingerprint density at radius 3 is 2.41 bits per heavy atom. The fraction of sp³-hybridized carbons (Fsp3) is 0.364. The largest absolute Gasteiger partial charge is 0.326 e. The first kappa shape index (κ1) is 28.2. The van der Waals surface area contributed by atoms with Gasteiger partial charge in [-0.15, -0.1) is 10.2 Å². The summed E-state index contributed by atoms with van der Waals surface area (Å²) in [5.74, 6) is 0.525. The Morgan fingerprint density at radius 1 is 0.976 bits per heavy atom. The van der Waals surface area contributed by atoms with Gasteiger partial charge >= 0.3 is 0 Å². The number of benzene rings is 3. The van der Waals surface area contributed by atoms with Gasteiger partial charge < -0.3 is 9.80 Å². The molecule has 2 amide bonds. The van der Waals surface area contributed by atoms with Gasteiger partial charge in [0.05, 0.1) is 0 Å². The third-order valence-electron chi connectivity index (χ3n) is 7.79. The molecule has 1 atom stereocenters. The number of H-pyrrole nitrogens is 1. The fourth-order valence-corrected chi connectivity index (χ4v) is 5.71. The summed E-state index contributed by atoms with van der Waals surface area (Å²) in [4.78, 5) is 31.6. The van der Waals surface area contributed by atoms with Gasteiger partial charge in [-0.2, -0.15) is 5.21 Å². The van der Waals surface area contributed by atoms with Crippen molar-refractivity contribution in [2.75, 3.05) is 11.4 Å². The number of carbonyl (C=O) groups is 2. The molecule has 4 aromatic rings. The Morgan fingerprint density at radius 2 is 1.71 bits per heavy atom. The molecule has 1 unspecified atom stereocenters. The van der Waals surface area contributed by atoms with Crippen molar-refractivity contribution in [3.8, 4) is 22.5 Å². The van der Waals surface area contributed by atoms with E-state index in [0.29, 0.717) is 25.3 Å². The summed E-state index contributed by atoms with van der Waals surface area (Å²) in [5.41, 5.74) is 6.04. The van der Waals surface area contributed by atoms with Crippen molar-refractivity contribution in [2.45, 2.75) is 65.5 Å². The molecule has 3 aromatic carbocycles. The van der Waals surface area contributed by atoms with Crippen molar-refractivity contribution in [1.82, 2.24) is 25.5 Å². The second kappa shape index (κ2) is 12.9. The summed E-state index contributed by atoms with van der Waals surface area (Å²) < 4.78 is 0. The van der Waals surface area contributed by atoms with E-state index in [1.54, 1.807) is 0 Å². The van der Waals surface area contributed by atoms with Crippen LogP contribution in [0.5, 0.6) is 0 Å². The lowest BCUT2D eigenvalue weighted by molar-refractivity contribution is -0.142. The zero-order chi connectivity index (χ0) is 28.8. The summed E-state index contributed by atoms with van der Waals surface area (Å²) in [5, 5.41) is 14.5. The number of aromatic amines is 1. The number of nitrogens with zero attached hydrogens (tertiary/aromatic N) is 5. The summed E-state index contributed by atoms with van der Waals surface area (Å²) in [6.45, 7) is 7.20. The number of aryl methyl sites for hydroxylation is 1. The number of fused-ring (bicyclic) bond motifs is 1. The summed E-state index contributed by atoms with van der Waals surface area (Å²) in [6, 6.07) is 23.7. The second-order valence-corrected chi connectivity index (χ2v) is 11.0. The number of amides is 2. The number of hydrogen-bond donors (Lipinski definition) is 1. The van der Waals surface area contributed by atoms with Crippen LogP contribution in [0.2, 0.25) is 0 Å². The first-order valence-electron chi connectivity index (χ1n) is 14.6. The van der Waals surface area contributed by atoms with Crippen molar-refractivity contribution < 1.29 is 9.59 Å². The predicted molar refractivity (Wildman–Crippen MR) is 161 cm³/mol. The van der Waals surface area contributed by atoms with Gasteiger partial charge in [0.25, 0.3) is 0 Å². The van der Waals surface area contributed by atoms with Crippen molar-refractivity contribution in [2.24, 2.45) is 5.92 Å². The molecular weight excluding hydrogens is 512 g/mol. The van der Waals surface area contributed by atoms with Crippen LogP contribution in [-0.2, 0) is 22.6 Å². The maximum absolute atomic E-state index is 14.2. The molecule has 0 radical (unpaired) electrons. The van der Waals surface area contributed by atoms with E-state index in [1.165, 1.54) is 5.56 Å². The Balaban J connectivity index is 1.44. The Kier molecular flexibility index (Phi) is 8.87. The van der Waals surface area contributed by atoms with Crippen LogP contribution in [0.15, 0.2) is 72.8 Å². The zero-order valence-electron chi connectivity index (χ0n) is 24.1. The normalized spacial score (nSPS) is 13.6. The number of nitrogens with one attached hydrogen (secondary N) is 1. The molecule has 8 heteroatoms. The number of carbonyl (C=O) groups excluding carboxylic acids is 2. The highest BCUT2D eigenvalue weighted by Crippen LogP contribution is 2.32. The third kappa shape index (κ3) is 6.21. The average molecular weight is 551 g/mol. The molecule has 5 rings (SSSR count). The molecule has 1 aliphatic rings. The molecule has 0 bridgehead atoms. The molecule has 2 heterocycles. The van der Waals surface area contributed by atoms with E-state index in [4.69, 9.17) is 0 Å². The summed E-state index contributed by atoms with van der Waals surface area (Å²) in [7, 11) is 0. The van der Waals surface area contributed by atoms with Crippen molar-refractivity contribution in [3.63, 3.8) is 0 Å². The standard InChI is InChI=1S/C33H38N6O2/c1-4-5-16-30(40)39(31(23(2)3)33(41)38-21-10-12-26-11-6-9-15-29(26)38)22-24-17-19-25(20-18-24)27-13-7-8-14-28(27)32-34-36-37-35-32/h6-9,11,13-15,17-20,23,31H,4-5,10,12,16,21-22H2,1-3H3,(H,34,35,36,37). The maximum atomic E-state index is 14.2. The van der Waals surface area contributed by atoms with Gasteiger partial charge in [0.1, 0.15) is 6.04 Å². The molecule has 1 aromatic heterocycles. The first-order chi connectivity index (χ1) is 20.0. The van der Waals surface area contributed by atoms with Crippen LogP contribution in [0.25, 0.3) is 22.5 Å². The Bertz CT molecular complexity index is 1470. The molecule has 0 saturated heterocycles.